The van der Waals surface area contributed by atoms with E-state index in [9.17, 15) is 13.2 Å². The van der Waals surface area contributed by atoms with Crippen LogP contribution >= 0.6 is 0 Å². The predicted octanol–water partition coefficient (Wildman–Crippen LogP) is 0.305. The highest BCUT2D eigenvalue weighted by molar-refractivity contribution is 6.59. The summed E-state index contributed by atoms with van der Waals surface area (Å²) in [6, 6.07) is 2.68. The lowest BCUT2D eigenvalue weighted by molar-refractivity contribution is -0.282. The van der Waals surface area contributed by atoms with Crippen molar-refractivity contribution in [2.24, 2.45) is 0 Å². The molecule has 0 aliphatic rings. The molecule has 1 aromatic rings. The molecule has 70 valence electrons. The summed E-state index contributed by atoms with van der Waals surface area (Å²) < 4.78 is 38.1. The topological polar surface area (TPSA) is 42.4 Å². The standard InChI is InChI=1S/C6H5BF3NO2/c8-6(9,10)13-7(12)5-2-1-3-11-4-5/h1-4,12H. The van der Waals surface area contributed by atoms with Crippen molar-refractivity contribution in [3.05, 3.63) is 24.5 Å². The van der Waals surface area contributed by atoms with Gasteiger partial charge in [-0.3, -0.25) is 4.98 Å². The van der Waals surface area contributed by atoms with Crippen LogP contribution < -0.4 is 5.46 Å². The van der Waals surface area contributed by atoms with Crippen LogP contribution in [0.3, 0.4) is 0 Å². The van der Waals surface area contributed by atoms with Crippen molar-refractivity contribution in [3.63, 3.8) is 0 Å². The van der Waals surface area contributed by atoms with Gasteiger partial charge in [0.2, 0.25) is 0 Å². The second kappa shape index (κ2) is 3.76. The summed E-state index contributed by atoms with van der Waals surface area (Å²) in [5, 5.41) is 8.87. The van der Waals surface area contributed by atoms with Crippen LogP contribution in [0.15, 0.2) is 24.5 Å². The summed E-state index contributed by atoms with van der Waals surface area (Å²) in [6.07, 6.45) is -2.38. The summed E-state index contributed by atoms with van der Waals surface area (Å²) in [6.45, 7) is 0. The highest BCUT2D eigenvalue weighted by Gasteiger charge is 2.36. The van der Waals surface area contributed by atoms with Crippen LogP contribution in [0, 0.1) is 0 Å². The second-order valence-corrected chi connectivity index (χ2v) is 2.20. The lowest BCUT2D eigenvalue weighted by Crippen LogP contribution is -2.38. The van der Waals surface area contributed by atoms with Crippen molar-refractivity contribution >= 4 is 12.6 Å². The van der Waals surface area contributed by atoms with E-state index in [4.69, 9.17) is 5.02 Å². The number of rotatable bonds is 2. The summed E-state index contributed by atoms with van der Waals surface area (Å²) in [5.74, 6) is 0. The first-order valence-corrected chi connectivity index (χ1v) is 3.31. The second-order valence-electron chi connectivity index (χ2n) is 2.20. The van der Waals surface area contributed by atoms with E-state index in [0.29, 0.717) is 0 Å². The first kappa shape index (κ1) is 10.0. The lowest BCUT2D eigenvalue weighted by atomic mass is 9.81. The van der Waals surface area contributed by atoms with Crippen molar-refractivity contribution in [2.75, 3.05) is 0 Å². The largest absolute Gasteiger partial charge is 0.510 e. The molecule has 0 saturated carbocycles. The van der Waals surface area contributed by atoms with Crippen molar-refractivity contribution in [1.29, 1.82) is 0 Å². The predicted molar refractivity (Wildman–Crippen MR) is 39.0 cm³/mol. The fourth-order valence-corrected chi connectivity index (χ4v) is 0.717. The molecule has 0 bridgehead atoms. The first-order valence-electron chi connectivity index (χ1n) is 3.31. The third-order valence-electron chi connectivity index (χ3n) is 1.21. The molecule has 0 unspecified atom stereocenters. The lowest BCUT2D eigenvalue weighted by Gasteiger charge is -2.09. The maximum absolute atomic E-state index is 11.6. The molecule has 3 nitrogen and oxygen atoms in total. The number of pyridine rings is 1. The number of halogens is 3. The van der Waals surface area contributed by atoms with Crippen molar-refractivity contribution < 1.29 is 22.8 Å². The Labute approximate surface area is 72.3 Å². The van der Waals surface area contributed by atoms with E-state index in [1.54, 1.807) is 0 Å². The molecular formula is C6H5BF3NO2. The van der Waals surface area contributed by atoms with Crippen LogP contribution in [0.5, 0.6) is 0 Å². The molecule has 0 spiro atoms. The van der Waals surface area contributed by atoms with Crippen LogP contribution in [0.4, 0.5) is 13.2 Å². The monoisotopic (exact) mass is 191 g/mol. The molecular weight excluding hydrogens is 186 g/mol. The number of hydrogen-bond acceptors (Lipinski definition) is 3. The van der Waals surface area contributed by atoms with Gasteiger partial charge in [-0.15, -0.1) is 13.2 Å². The van der Waals surface area contributed by atoms with Crippen molar-refractivity contribution in [3.8, 4) is 0 Å². The van der Waals surface area contributed by atoms with Crippen LogP contribution in [-0.4, -0.2) is 23.5 Å². The van der Waals surface area contributed by atoms with E-state index in [2.05, 4.69) is 9.64 Å². The molecule has 7 heteroatoms. The van der Waals surface area contributed by atoms with Crippen LogP contribution in [0.2, 0.25) is 0 Å². The van der Waals surface area contributed by atoms with Gasteiger partial charge in [-0.1, -0.05) is 6.07 Å². The summed E-state index contributed by atoms with van der Waals surface area (Å²) in [7, 11) is -2.02. The van der Waals surface area contributed by atoms with E-state index in [1.807, 2.05) is 0 Å². The molecule has 1 N–H and O–H groups in total. The molecule has 1 heterocycles. The zero-order valence-corrected chi connectivity index (χ0v) is 6.32. The Bertz CT molecular complexity index is 266. The van der Waals surface area contributed by atoms with Gasteiger partial charge in [0.1, 0.15) is 0 Å². The maximum Gasteiger partial charge on any atom is 0.510 e. The van der Waals surface area contributed by atoms with Crippen molar-refractivity contribution in [1.82, 2.24) is 4.98 Å². The van der Waals surface area contributed by atoms with Gasteiger partial charge in [0.05, 0.1) is 0 Å². The molecule has 0 aromatic carbocycles. The number of alkyl halides is 3. The van der Waals surface area contributed by atoms with Gasteiger partial charge in [-0.05, 0) is 6.07 Å². The minimum absolute atomic E-state index is 0.0418. The zero-order valence-electron chi connectivity index (χ0n) is 6.32. The van der Waals surface area contributed by atoms with Crippen LogP contribution in [0.25, 0.3) is 0 Å². The van der Waals surface area contributed by atoms with E-state index in [-0.39, 0.29) is 5.46 Å². The maximum atomic E-state index is 11.6. The summed E-state index contributed by atoms with van der Waals surface area (Å²) >= 11 is 0. The van der Waals surface area contributed by atoms with E-state index < -0.39 is 13.5 Å². The Morgan fingerprint density at radius 3 is 2.62 bits per heavy atom. The van der Waals surface area contributed by atoms with Gasteiger partial charge in [0, 0.05) is 17.9 Å². The zero-order chi connectivity index (χ0) is 9.90. The fraction of sp³-hybridized carbons (Fsp3) is 0.167. The van der Waals surface area contributed by atoms with Gasteiger partial charge >= 0.3 is 13.5 Å². The van der Waals surface area contributed by atoms with Gasteiger partial charge in [-0.25, -0.2) is 0 Å². The third-order valence-corrected chi connectivity index (χ3v) is 1.21. The summed E-state index contributed by atoms with van der Waals surface area (Å²) in [4.78, 5) is 3.53. The highest BCUT2D eigenvalue weighted by Crippen LogP contribution is 2.16. The Morgan fingerprint density at radius 2 is 2.15 bits per heavy atom. The fourth-order valence-electron chi connectivity index (χ4n) is 0.717. The quantitative estimate of drug-likeness (QED) is 0.683. The van der Waals surface area contributed by atoms with Crippen molar-refractivity contribution in [2.45, 2.75) is 6.36 Å². The molecule has 13 heavy (non-hydrogen) atoms. The molecule has 1 rings (SSSR count). The molecule has 0 atom stereocenters. The highest BCUT2D eigenvalue weighted by atomic mass is 19.4. The smallest absolute Gasteiger partial charge is 0.423 e. The van der Waals surface area contributed by atoms with Gasteiger partial charge < -0.3 is 9.68 Å². The Hall–Kier alpha value is -1.08. The van der Waals surface area contributed by atoms with Crippen LogP contribution in [0.1, 0.15) is 0 Å². The third kappa shape index (κ3) is 3.43. The average Bonchev–Trinajstić information content (AvgIpc) is 2.03. The molecule has 0 aliphatic heterocycles. The molecule has 0 aliphatic carbocycles. The van der Waals surface area contributed by atoms with Crippen LogP contribution in [-0.2, 0) is 4.65 Å². The molecule has 0 radical (unpaired) electrons. The number of aromatic nitrogens is 1. The molecule has 0 amide bonds. The van der Waals surface area contributed by atoms with E-state index in [0.717, 1.165) is 6.20 Å². The Balaban J connectivity index is 2.64. The van der Waals surface area contributed by atoms with E-state index >= 15 is 0 Å². The number of nitrogens with zero attached hydrogens (tertiary/aromatic N) is 1. The molecule has 1 aromatic heterocycles. The van der Waals surface area contributed by atoms with Gasteiger partial charge in [0.25, 0.3) is 0 Å². The Morgan fingerprint density at radius 1 is 1.46 bits per heavy atom. The number of hydrogen-bond donors (Lipinski definition) is 1. The first-order chi connectivity index (χ1) is 5.99. The van der Waals surface area contributed by atoms with Gasteiger partial charge in [-0.2, -0.15) is 0 Å². The Kier molecular flexibility index (Phi) is 2.89. The van der Waals surface area contributed by atoms with Gasteiger partial charge in [0.15, 0.2) is 0 Å². The minimum Gasteiger partial charge on any atom is -0.423 e. The van der Waals surface area contributed by atoms with E-state index in [1.165, 1.54) is 18.3 Å². The normalized spacial score (nSPS) is 11.4. The molecule has 0 saturated heterocycles. The molecule has 0 fully saturated rings. The summed E-state index contributed by atoms with van der Waals surface area (Å²) in [5.41, 5.74) is -0.0418. The SMILES string of the molecule is OB(OC(F)(F)F)c1cccnc1. The average molecular weight is 191 g/mol. The minimum atomic E-state index is -4.85.